The van der Waals surface area contributed by atoms with Gasteiger partial charge >= 0.3 is 0 Å². The van der Waals surface area contributed by atoms with Crippen molar-refractivity contribution in [3.8, 4) is 0 Å². The first-order valence-corrected chi connectivity index (χ1v) is 9.70. The summed E-state index contributed by atoms with van der Waals surface area (Å²) < 4.78 is 1.85. The number of benzene rings is 1. The van der Waals surface area contributed by atoms with Gasteiger partial charge < -0.3 is 10.2 Å². The normalized spacial score (nSPS) is 26.5. The molecular weight excluding hydrogens is 342 g/mol. The molecule has 0 radical (unpaired) electrons. The molecule has 1 aromatic carbocycles. The number of aryl methyl sites for hydroxylation is 1. The molecule has 0 spiro atoms. The van der Waals surface area contributed by atoms with Crippen molar-refractivity contribution in [3.05, 3.63) is 23.9 Å². The lowest BCUT2D eigenvalue weighted by Gasteiger charge is -2.38. The monoisotopic (exact) mass is 369 g/mol. The molecule has 3 atom stereocenters. The SMILES string of the molecule is CN[C@H]1CCN(c2ccc3c(C4CCC(=O)NC4=O)nn(C)c3c2)C[C@@H]1C. The average Bonchev–Trinajstić information content (AvgIpc) is 2.97. The lowest BCUT2D eigenvalue weighted by molar-refractivity contribution is -0.134. The molecule has 2 aliphatic heterocycles. The Morgan fingerprint density at radius 1 is 1.26 bits per heavy atom. The minimum atomic E-state index is -0.358. The minimum absolute atomic E-state index is 0.196. The number of carbonyl (C=O) groups is 2. The Labute approximate surface area is 159 Å². The highest BCUT2D eigenvalue weighted by molar-refractivity contribution is 6.02. The standard InChI is InChI=1S/C20H27N5O2/c1-12-11-25(9-8-16(12)21-2)13-4-5-14-17(10-13)24(3)23-19(14)15-6-7-18(26)22-20(15)27/h4-5,10,12,15-16,21H,6-9,11H2,1-3H3,(H,22,26,27)/t12-,15?,16-/m0/s1. The molecule has 2 aliphatic rings. The van der Waals surface area contributed by atoms with Crippen molar-refractivity contribution in [2.45, 2.75) is 38.1 Å². The molecule has 2 amide bonds. The lowest BCUT2D eigenvalue weighted by atomic mass is 9.92. The quantitative estimate of drug-likeness (QED) is 0.802. The van der Waals surface area contributed by atoms with Crippen molar-refractivity contribution in [2.24, 2.45) is 13.0 Å². The molecule has 3 heterocycles. The molecule has 7 nitrogen and oxygen atoms in total. The van der Waals surface area contributed by atoms with E-state index >= 15 is 0 Å². The smallest absolute Gasteiger partial charge is 0.235 e. The van der Waals surface area contributed by atoms with Crippen molar-refractivity contribution >= 4 is 28.4 Å². The second-order valence-electron chi connectivity index (χ2n) is 7.82. The average molecular weight is 369 g/mol. The van der Waals surface area contributed by atoms with Crippen molar-refractivity contribution in [2.75, 3.05) is 25.0 Å². The number of aromatic nitrogens is 2. The van der Waals surface area contributed by atoms with Crippen LogP contribution in [0.15, 0.2) is 18.2 Å². The van der Waals surface area contributed by atoms with Crippen molar-refractivity contribution in [1.29, 1.82) is 0 Å². The van der Waals surface area contributed by atoms with Crippen LogP contribution in [0.25, 0.3) is 10.9 Å². The number of piperidine rings is 2. The highest BCUT2D eigenvalue weighted by Gasteiger charge is 2.32. The van der Waals surface area contributed by atoms with Crippen LogP contribution in [0.4, 0.5) is 5.69 Å². The Morgan fingerprint density at radius 2 is 2.07 bits per heavy atom. The molecule has 0 bridgehead atoms. The molecule has 7 heteroatoms. The first kappa shape index (κ1) is 18.0. The van der Waals surface area contributed by atoms with Crippen LogP contribution in [0.3, 0.4) is 0 Å². The summed E-state index contributed by atoms with van der Waals surface area (Å²) in [5, 5.41) is 11.5. The van der Waals surface area contributed by atoms with E-state index in [-0.39, 0.29) is 17.7 Å². The van der Waals surface area contributed by atoms with E-state index in [9.17, 15) is 9.59 Å². The third kappa shape index (κ3) is 3.20. The summed E-state index contributed by atoms with van der Waals surface area (Å²) >= 11 is 0. The molecule has 0 aliphatic carbocycles. The van der Waals surface area contributed by atoms with Gasteiger partial charge in [-0.05, 0) is 44.0 Å². The topological polar surface area (TPSA) is 79.3 Å². The van der Waals surface area contributed by atoms with Crippen LogP contribution >= 0.6 is 0 Å². The van der Waals surface area contributed by atoms with Crippen LogP contribution < -0.4 is 15.5 Å². The van der Waals surface area contributed by atoms with Crippen LogP contribution in [-0.2, 0) is 16.6 Å². The summed E-state index contributed by atoms with van der Waals surface area (Å²) in [6.07, 6.45) is 2.01. The number of imide groups is 1. The summed E-state index contributed by atoms with van der Waals surface area (Å²) in [4.78, 5) is 26.1. The number of nitrogens with zero attached hydrogens (tertiary/aromatic N) is 3. The molecule has 1 unspecified atom stereocenters. The second-order valence-corrected chi connectivity index (χ2v) is 7.82. The van der Waals surface area contributed by atoms with E-state index in [0.29, 0.717) is 24.8 Å². The zero-order valence-corrected chi connectivity index (χ0v) is 16.2. The number of fused-ring (bicyclic) bond motifs is 1. The summed E-state index contributed by atoms with van der Waals surface area (Å²) in [5.74, 6) is -0.204. The summed E-state index contributed by atoms with van der Waals surface area (Å²) in [5.41, 5.74) is 2.99. The molecule has 0 saturated carbocycles. The number of carbonyl (C=O) groups excluding carboxylic acids is 2. The van der Waals surface area contributed by atoms with Gasteiger partial charge in [0.15, 0.2) is 0 Å². The summed E-state index contributed by atoms with van der Waals surface area (Å²) in [6, 6.07) is 6.95. The van der Waals surface area contributed by atoms with Crippen LogP contribution in [0.2, 0.25) is 0 Å². The number of nitrogens with one attached hydrogen (secondary N) is 2. The van der Waals surface area contributed by atoms with Crippen molar-refractivity contribution < 1.29 is 9.59 Å². The molecule has 2 N–H and O–H groups in total. The Morgan fingerprint density at radius 3 is 2.78 bits per heavy atom. The zero-order valence-electron chi connectivity index (χ0n) is 16.2. The van der Waals surface area contributed by atoms with Gasteiger partial charge in [0.05, 0.1) is 17.1 Å². The number of amides is 2. The van der Waals surface area contributed by atoms with E-state index in [1.807, 2.05) is 18.8 Å². The maximum Gasteiger partial charge on any atom is 0.235 e. The van der Waals surface area contributed by atoms with Crippen LogP contribution in [0.1, 0.15) is 37.8 Å². The van der Waals surface area contributed by atoms with Gasteiger partial charge in [0.1, 0.15) is 0 Å². The van der Waals surface area contributed by atoms with Gasteiger partial charge in [0, 0.05) is 43.7 Å². The molecule has 2 fully saturated rings. The van der Waals surface area contributed by atoms with E-state index in [1.54, 1.807) is 0 Å². The third-order valence-electron chi connectivity index (χ3n) is 6.07. The van der Waals surface area contributed by atoms with Gasteiger partial charge in [-0.3, -0.25) is 19.6 Å². The number of hydrogen-bond acceptors (Lipinski definition) is 5. The van der Waals surface area contributed by atoms with Gasteiger partial charge in [0.25, 0.3) is 0 Å². The van der Waals surface area contributed by atoms with E-state index in [2.05, 4.69) is 45.8 Å². The minimum Gasteiger partial charge on any atom is -0.371 e. The van der Waals surface area contributed by atoms with E-state index < -0.39 is 0 Å². The first-order chi connectivity index (χ1) is 13.0. The second kappa shape index (κ2) is 6.96. The summed E-state index contributed by atoms with van der Waals surface area (Å²) in [7, 11) is 3.95. The van der Waals surface area contributed by atoms with Crippen molar-refractivity contribution in [1.82, 2.24) is 20.4 Å². The maximum absolute atomic E-state index is 12.3. The van der Waals surface area contributed by atoms with Gasteiger partial charge in [0.2, 0.25) is 11.8 Å². The highest BCUT2D eigenvalue weighted by atomic mass is 16.2. The predicted molar refractivity (Wildman–Crippen MR) is 105 cm³/mol. The Hall–Kier alpha value is -2.41. The Bertz CT molecular complexity index is 890. The summed E-state index contributed by atoms with van der Waals surface area (Å²) in [6.45, 7) is 4.34. The fourth-order valence-corrected chi connectivity index (χ4v) is 4.49. The van der Waals surface area contributed by atoms with Crippen molar-refractivity contribution in [3.63, 3.8) is 0 Å². The van der Waals surface area contributed by atoms with Crippen LogP contribution in [0.5, 0.6) is 0 Å². The van der Waals surface area contributed by atoms with Crippen LogP contribution in [0, 0.1) is 5.92 Å². The Balaban J connectivity index is 1.64. The molecular formula is C20H27N5O2. The molecule has 2 aromatic rings. The molecule has 144 valence electrons. The van der Waals surface area contributed by atoms with E-state index in [1.165, 1.54) is 5.69 Å². The molecule has 27 heavy (non-hydrogen) atoms. The fraction of sp³-hybridized carbons (Fsp3) is 0.550. The molecule has 4 rings (SSSR count). The molecule has 2 saturated heterocycles. The van der Waals surface area contributed by atoms with Gasteiger partial charge in [-0.1, -0.05) is 6.92 Å². The van der Waals surface area contributed by atoms with Crippen LogP contribution in [-0.4, -0.2) is 47.8 Å². The van der Waals surface area contributed by atoms with Gasteiger partial charge in [-0.2, -0.15) is 5.10 Å². The first-order valence-electron chi connectivity index (χ1n) is 9.70. The maximum atomic E-state index is 12.3. The fourth-order valence-electron chi connectivity index (χ4n) is 4.49. The van der Waals surface area contributed by atoms with Gasteiger partial charge in [-0.25, -0.2) is 0 Å². The van der Waals surface area contributed by atoms with E-state index in [0.717, 1.165) is 36.1 Å². The number of hydrogen-bond donors (Lipinski definition) is 2. The Kier molecular flexibility index (Phi) is 4.63. The number of rotatable bonds is 3. The van der Waals surface area contributed by atoms with Gasteiger partial charge in [-0.15, -0.1) is 0 Å². The largest absolute Gasteiger partial charge is 0.371 e. The molecule has 1 aromatic heterocycles. The predicted octanol–water partition coefficient (Wildman–Crippen LogP) is 1.53. The third-order valence-corrected chi connectivity index (χ3v) is 6.07. The zero-order chi connectivity index (χ0) is 19.1. The highest BCUT2D eigenvalue weighted by Crippen LogP contribution is 2.33. The lowest BCUT2D eigenvalue weighted by Crippen LogP contribution is -2.47. The van der Waals surface area contributed by atoms with E-state index in [4.69, 9.17) is 0 Å². The number of anilines is 1.